The number of anilines is 1. The molecule has 0 bridgehead atoms. The monoisotopic (exact) mass is 342 g/mol. The second-order valence-electron chi connectivity index (χ2n) is 6.38. The van der Waals surface area contributed by atoms with E-state index in [2.05, 4.69) is 20.0 Å². The van der Waals surface area contributed by atoms with Crippen molar-refractivity contribution < 1.29 is 9.53 Å². The maximum atomic E-state index is 13.0. The lowest BCUT2D eigenvalue weighted by molar-refractivity contribution is 0.0747. The highest BCUT2D eigenvalue weighted by atomic mass is 16.5. The number of hydrogen-bond donors (Lipinski definition) is 0. The van der Waals surface area contributed by atoms with Gasteiger partial charge in [0.05, 0.1) is 13.2 Å². The van der Waals surface area contributed by atoms with E-state index in [1.165, 1.54) is 0 Å². The van der Waals surface area contributed by atoms with Crippen LogP contribution in [-0.4, -0.2) is 63.3 Å². The van der Waals surface area contributed by atoms with E-state index in [0.29, 0.717) is 32.0 Å². The summed E-state index contributed by atoms with van der Waals surface area (Å²) < 4.78 is 7.36. The first-order valence-corrected chi connectivity index (χ1v) is 8.68. The quantitative estimate of drug-likeness (QED) is 0.797. The van der Waals surface area contributed by atoms with Gasteiger partial charge in [0.1, 0.15) is 0 Å². The molecular formula is C17H22N6O2. The standard InChI is InChI=1S/C17H22N6O2/c1-21-14-4-11-25-12-13(14)15(20-21)16(24)22-7-3-8-23(10-9-22)17-18-5-2-6-19-17/h2,5-6H,3-4,7-12H2,1H3. The normalized spacial score (nSPS) is 18.0. The molecule has 0 aromatic carbocycles. The second-order valence-corrected chi connectivity index (χ2v) is 6.38. The fraction of sp³-hybridized carbons (Fsp3) is 0.529. The van der Waals surface area contributed by atoms with E-state index < -0.39 is 0 Å². The first-order chi connectivity index (χ1) is 12.2. The lowest BCUT2D eigenvalue weighted by atomic mass is 10.1. The van der Waals surface area contributed by atoms with Crippen molar-refractivity contribution in [3.8, 4) is 0 Å². The maximum Gasteiger partial charge on any atom is 0.274 e. The van der Waals surface area contributed by atoms with Crippen molar-refractivity contribution in [2.45, 2.75) is 19.4 Å². The Kier molecular flexibility index (Phi) is 4.35. The van der Waals surface area contributed by atoms with Crippen LogP contribution >= 0.6 is 0 Å². The summed E-state index contributed by atoms with van der Waals surface area (Å²) in [5, 5.41) is 4.48. The average Bonchev–Trinajstić information content (AvgIpc) is 2.84. The van der Waals surface area contributed by atoms with Gasteiger partial charge in [-0.3, -0.25) is 9.48 Å². The van der Waals surface area contributed by atoms with Gasteiger partial charge in [0.25, 0.3) is 5.91 Å². The van der Waals surface area contributed by atoms with E-state index >= 15 is 0 Å². The van der Waals surface area contributed by atoms with Gasteiger partial charge in [0.15, 0.2) is 5.69 Å². The van der Waals surface area contributed by atoms with Gasteiger partial charge in [-0.15, -0.1) is 0 Å². The summed E-state index contributed by atoms with van der Waals surface area (Å²) >= 11 is 0. The van der Waals surface area contributed by atoms with Gasteiger partial charge in [-0.2, -0.15) is 5.10 Å². The zero-order valence-corrected chi connectivity index (χ0v) is 14.4. The van der Waals surface area contributed by atoms with E-state index in [-0.39, 0.29) is 5.91 Å². The number of aryl methyl sites for hydroxylation is 1. The van der Waals surface area contributed by atoms with Crippen LogP contribution in [0.25, 0.3) is 0 Å². The summed E-state index contributed by atoms with van der Waals surface area (Å²) in [5.41, 5.74) is 2.61. The largest absolute Gasteiger partial charge is 0.376 e. The van der Waals surface area contributed by atoms with Gasteiger partial charge in [0, 0.05) is 63.3 Å². The summed E-state index contributed by atoms with van der Waals surface area (Å²) in [4.78, 5) is 25.7. The van der Waals surface area contributed by atoms with Gasteiger partial charge in [-0.1, -0.05) is 0 Å². The number of fused-ring (bicyclic) bond motifs is 1. The number of hydrogen-bond acceptors (Lipinski definition) is 6. The average molecular weight is 342 g/mol. The third-order valence-electron chi connectivity index (χ3n) is 4.83. The van der Waals surface area contributed by atoms with Gasteiger partial charge < -0.3 is 14.5 Å². The van der Waals surface area contributed by atoms with Gasteiger partial charge in [-0.25, -0.2) is 9.97 Å². The maximum absolute atomic E-state index is 13.0. The van der Waals surface area contributed by atoms with Crippen LogP contribution < -0.4 is 4.90 Å². The van der Waals surface area contributed by atoms with Crippen molar-refractivity contribution in [3.63, 3.8) is 0 Å². The molecule has 2 aromatic rings. The van der Waals surface area contributed by atoms with E-state index in [9.17, 15) is 4.79 Å². The first kappa shape index (κ1) is 16.0. The SMILES string of the molecule is Cn1nc(C(=O)N2CCCN(c3ncccn3)CC2)c2c1CCOC2. The Morgan fingerprint density at radius 2 is 2.00 bits per heavy atom. The molecule has 132 valence electrons. The summed E-state index contributed by atoms with van der Waals surface area (Å²) in [6.07, 6.45) is 5.19. The van der Waals surface area contributed by atoms with Crippen LogP contribution in [0.3, 0.4) is 0 Å². The molecule has 0 aliphatic carbocycles. The van der Waals surface area contributed by atoms with E-state index in [0.717, 1.165) is 43.1 Å². The number of aromatic nitrogens is 4. The van der Waals surface area contributed by atoms with Crippen LogP contribution in [0, 0.1) is 0 Å². The minimum absolute atomic E-state index is 0.00169. The zero-order valence-electron chi connectivity index (χ0n) is 14.4. The topological polar surface area (TPSA) is 76.4 Å². The Morgan fingerprint density at radius 1 is 1.16 bits per heavy atom. The molecule has 0 saturated carbocycles. The minimum Gasteiger partial charge on any atom is -0.376 e. The van der Waals surface area contributed by atoms with E-state index in [4.69, 9.17) is 4.74 Å². The fourth-order valence-corrected chi connectivity index (χ4v) is 3.51. The highest BCUT2D eigenvalue weighted by Crippen LogP contribution is 2.22. The Labute approximate surface area is 146 Å². The smallest absolute Gasteiger partial charge is 0.274 e. The molecule has 4 heterocycles. The molecule has 4 rings (SSSR count). The van der Waals surface area contributed by atoms with Crippen LogP contribution in [0.2, 0.25) is 0 Å². The molecule has 0 N–H and O–H groups in total. The predicted octanol–water partition coefficient (Wildman–Crippen LogP) is 0.635. The molecule has 0 radical (unpaired) electrons. The number of carbonyl (C=O) groups excluding carboxylic acids is 1. The molecule has 2 aliphatic rings. The van der Waals surface area contributed by atoms with Crippen LogP contribution in [0.5, 0.6) is 0 Å². The Hall–Kier alpha value is -2.48. The van der Waals surface area contributed by atoms with Crippen molar-refractivity contribution >= 4 is 11.9 Å². The summed E-state index contributed by atoms with van der Waals surface area (Å²) in [6.45, 7) is 4.09. The Bertz CT molecular complexity index is 760. The third-order valence-corrected chi connectivity index (χ3v) is 4.83. The molecule has 1 fully saturated rings. The van der Waals surface area contributed by atoms with Crippen molar-refractivity contribution in [1.82, 2.24) is 24.6 Å². The van der Waals surface area contributed by atoms with E-state index in [1.807, 2.05) is 22.7 Å². The number of nitrogens with zero attached hydrogens (tertiary/aromatic N) is 6. The fourth-order valence-electron chi connectivity index (χ4n) is 3.51. The highest BCUT2D eigenvalue weighted by molar-refractivity contribution is 5.94. The molecule has 25 heavy (non-hydrogen) atoms. The van der Waals surface area contributed by atoms with E-state index in [1.54, 1.807) is 12.4 Å². The number of ether oxygens (including phenoxy) is 1. The molecule has 0 atom stereocenters. The molecular weight excluding hydrogens is 320 g/mol. The molecule has 8 heteroatoms. The lowest BCUT2D eigenvalue weighted by Gasteiger charge is -2.22. The number of rotatable bonds is 2. The molecule has 2 aromatic heterocycles. The van der Waals surface area contributed by atoms with Crippen LogP contribution in [0.15, 0.2) is 18.5 Å². The molecule has 0 spiro atoms. The summed E-state index contributed by atoms with van der Waals surface area (Å²) in [6, 6.07) is 1.81. The summed E-state index contributed by atoms with van der Waals surface area (Å²) in [7, 11) is 1.90. The minimum atomic E-state index is -0.00169. The molecule has 0 unspecified atom stereocenters. The van der Waals surface area contributed by atoms with Crippen molar-refractivity contribution in [1.29, 1.82) is 0 Å². The zero-order chi connectivity index (χ0) is 17.2. The third kappa shape index (κ3) is 3.09. The van der Waals surface area contributed by atoms with Crippen molar-refractivity contribution in [3.05, 3.63) is 35.4 Å². The van der Waals surface area contributed by atoms with Crippen molar-refractivity contribution in [2.24, 2.45) is 7.05 Å². The number of amides is 1. The number of carbonyl (C=O) groups is 1. The van der Waals surface area contributed by atoms with Gasteiger partial charge >= 0.3 is 0 Å². The molecule has 1 amide bonds. The van der Waals surface area contributed by atoms with Gasteiger partial charge in [-0.05, 0) is 12.5 Å². The van der Waals surface area contributed by atoms with Crippen molar-refractivity contribution in [2.75, 3.05) is 37.7 Å². The molecule has 2 aliphatic heterocycles. The van der Waals surface area contributed by atoms with Crippen LogP contribution in [0.4, 0.5) is 5.95 Å². The first-order valence-electron chi connectivity index (χ1n) is 8.68. The molecule has 8 nitrogen and oxygen atoms in total. The highest BCUT2D eigenvalue weighted by Gasteiger charge is 2.28. The van der Waals surface area contributed by atoms with Gasteiger partial charge in [0.2, 0.25) is 5.95 Å². The van der Waals surface area contributed by atoms with Crippen LogP contribution in [-0.2, 0) is 24.8 Å². The predicted molar refractivity (Wildman–Crippen MR) is 91.3 cm³/mol. The Morgan fingerprint density at radius 3 is 2.84 bits per heavy atom. The molecule has 1 saturated heterocycles. The summed E-state index contributed by atoms with van der Waals surface area (Å²) in [5.74, 6) is 0.721. The lowest BCUT2D eigenvalue weighted by Crippen LogP contribution is -2.36. The second kappa shape index (κ2) is 6.79. The Balaban J connectivity index is 1.50. The van der Waals surface area contributed by atoms with Crippen LogP contribution in [0.1, 0.15) is 28.2 Å².